The minimum absolute atomic E-state index is 0.000869. The van der Waals surface area contributed by atoms with E-state index in [-0.39, 0.29) is 24.3 Å². The Kier molecular flexibility index (Phi) is 4.47. The molecule has 1 heterocycles. The summed E-state index contributed by atoms with van der Waals surface area (Å²) >= 11 is 0. The smallest absolute Gasteiger partial charge is 0.326 e. The molecule has 17 heavy (non-hydrogen) atoms. The molecule has 0 aromatic carbocycles. The molecule has 0 saturated carbocycles. The molecule has 5 heteroatoms. The van der Waals surface area contributed by atoms with Crippen LogP contribution in [0.3, 0.4) is 0 Å². The molecule has 1 saturated heterocycles. The summed E-state index contributed by atoms with van der Waals surface area (Å²) in [5.74, 6) is -1.12. The van der Waals surface area contributed by atoms with E-state index in [1.54, 1.807) is 0 Å². The minimum Gasteiger partial charge on any atom is -0.326 e. The number of alkyl halides is 3. The van der Waals surface area contributed by atoms with Crippen molar-refractivity contribution < 1.29 is 13.2 Å². The average molecular weight is 252 g/mol. The molecular weight excluding hydrogens is 229 g/mol. The number of hydrogen-bond acceptors (Lipinski definition) is 2. The predicted octanol–water partition coefficient (Wildman–Crippen LogP) is 2.63. The molecule has 1 atom stereocenters. The lowest BCUT2D eigenvalue weighted by molar-refractivity contribution is -0.185. The fraction of sp³-hybridized carbons (Fsp3) is 1.00. The van der Waals surface area contributed by atoms with E-state index in [1.807, 2.05) is 0 Å². The van der Waals surface area contributed by atoms with Crippen LogP contribution in [0.1, 0.15) is 33.6 Å². The number of piperidine rings is 1. The van der Waals surface area contributed by atoms with E-state index in [0.29, 0.717) is 19.6 Å². The van der Waals surface area contributed by atoms with Crippen LogP contribution in [0.25, 0.3) is 0 Å². The molecule has 2 N–H and O–H groups in total. The maximum atomic E-state index is 12.5. The Hall–Kier alpha value is -0.290. The third-order valence-electron chi connectivity index (χ3n) is 3.62. The number of halogens is 3. The van der Waals surface area contributed by atoms with Gasteiger partial charge in [-0.2, -0.15) is 13.2 Å². The SMILES string of the molecule is CC(C)(C)C(N)CN1CCC(C(F)(F)F)CC1. The fourth-order valence-corrected chi connectivity index (χ4v) is 1.99. The zero-order valence-electron chi connectivity index (χ0n) is 10.8. The molecule has 0 aromatic heterocycles. The second-order valence-corrected chi connectivity index (χ2v) is 6.09. The van der Waals surface area contributed by atoms with E-state index in [4.69, 9.17) is 5.73 Å². The molecule has 0 amide bonds. The summed E-state index contributed by atoms with van der Waals surface area (Å²) in [6, 6.07) is 0.00457. The topological polar surface area (TPSA) is 29.3 Å². The molecule has 0 aliphatic carbocycles. The van der Waals surface area contributed by atoms with Crippen molar-refractivity contribution in [1.82, 2.24) is 4.90 Å². The van der Waals surface area contributed by atoms with Crippen molar-refractivity contribution in [3.8, 4) is 0 Å². The molecular formula is C12H23F3N2. The molecule has 0 aromatic rings. The zero-order chi connectivity index (χ0) is 13.3. The van der Waals surface area contributed by atoms with Gasteiger partial charge in [-0.1, -0.05) is 20.8 Å². The molecule has 1 rings (SSSR count). The van der Waals surface area contributed by atoms with E-state index in [1.165, 1.54) is 0 Å². The third kappa shape index (κ3) is 4.47. The first kappa shape index (κ1) is 14.8. The molecule has 1 aliphatic heterocycles. The Morgan fingerprint density at radius 3 is 2.00 bits per heavy atom. The highest BCUT2D eigenvalue weighted by molar-refractivity contribution is 4.83. The van der Waals surface area contributed by atoms with Crippen LogP contribution in [0.2, 0.25) is 0 Å². The van der Waals surface area contributed by atoms with Gasteiger partial charge in [0.2, 0.25) is 0 Å². The van der Waals surface area contributed by atoms with Gasteiger partial charge in [0.05, 0.1) is 5.92 Å². The second-order valence-electron chi connectivity index (χ2n) is 6.09. The number of likely N-dealkylation sites (tertiary alicyclic amines) is 1. The van der Waals surface area contributed by atoms with E-state index in [9.17, 15) is 13.2 Å². The van der Waals surface area contributed by atoms with Gasteiger partial charge >= 0.3 is 6.18 Å². The number of rotatable bonds is 2. The highest BCUT2D eigenvalue weighted by Gasteiger charge is 2.41. The van der Waals surface area contributed by atoms with Crippen LogP contribution < -0.4 is 5.73 Å². The first-order valence-electron chi connectivity index (χ1n) is 6.15. The van der Waals surface area contributed by atoms with Crippen molar-refractivity contribution in [3.05, 3.63) is 0 Å². The maximum absolute atomic E-state index is 12.5. The van der Waals surface area contributed by atoms with Crippen LogP contribution >= 0.6 is 0 Å². The Morgan fingerprint density at radius 2 is 1.65 bits per heavy atom. The summed E-state index contributed by atoms with van der Waals surface area (Å²) in [6.07, 6.45) is -3.61. The van der Waals surface area contributed by atoms with Gasteiger partial charge in [0, 0.05) is 12.6 Å². The first-order valence-corrected chi connectivity index (χ1v) is 6.15. The van der Waals surface area contributed by atoms with Crippen LogP contribution in [0.5, 0.6) is 0 Å². The molecule has 0 radical (unpaired) electrons. The lowest BCUT2D eigenvalue weighted by Gasteiger charge is -2.37. The lowest BCUT2D eigenvalue weighted by atomic mass is 9.86. The van der Waals surface area contributed by atoms with Crippen molar-refractivity contribution in [3.63, 3.8) is 0 Å². The van der Waals surface area contributed by atoms with E-state index >= 15 is 0 Å². The highest BCUT2D eigenvalue weighted by Crippen LogP contribution is 2.34. The van der Waals surface area contributed by atoms with Crippen molar-refractivity contribution in [2.75, 3.05) is 19.6 Å². The van der Waals surface area contributed by atoms with Crippen LogP contribution in [0.4, 0.5) is 13.2 Å². The monoisotopic (exact) mass is 252 g/mol. The molecule has 1 aliphatic rings. The predicted molar refractivity (Wildman–Crippen MR) is 62.6 cm³/mol. The Balaban J connectivity index is 2.38. The fourth-order valence-electron chi connectivity index (χ4n) is 1.99. The Morgan fingerprint density at radius 1 is 1.18 bits per heavy atom. The van der Waals surface area contributed by atoms with Gasteiger partial charge in [0.15, 0.2) is 0 Å². The summed E-state index contributed by atoms with van der Waals surface area (Å²) in [5.41, 5.74) is 6.04. The summed E-state index contributed by atoms with van der Waals surface area (Å²) in [5, 5.41) is 0. The summed E-state index contributed by atoms with van der Waals surface area (Å²) < 4.78 is 37.4. The Labute approximate surface area is 101 Å². The van der Waals surface area contributed by atoms with E-state index in [2.05, 4.69) is 25.7 Å². The summed E-state index contributed by atoms with van der Waals surface area (Å²) in [4.78, 5) is 2.05. The molecule has 0 bridgehead atoms. The minimum atomic E-state index is -4.03. The molecule has 2 nitrogen and oxygen atoms in total. The van der Waals surface area contributed by atoms with Crippen LogP contribution in [0, 0.1) is 11.3 Å². The summed E-state index contributed by atoms with van der Waals surface area (Å²) in [7, 11) is 0. The van der Waals surface area contributed by atoms with E-state index in [0.717, 1.165) is 0 Å². The quantitative estimate of drug-likeness (QED) is 0.818. The number of nitrogens with two attached hydrogens (primary N) is 1. The molecule has 1 unspecified atom stereocenters. The van der Waals surface area contributed by atoms with Crippen LogP contribution in [-0.4, -0.2) is 36.8 Å². The van der Waals surface area contributed by atoms with Crippen molar-refractivity contribution in [2.45, 2.75) is 45.8 Å². The van der Waals surface area contributed by atoms with Crippen molar-refractivity contribution in [1.29, 1.82) is 0 Å². The van der Waals surface area contributed by atoms with Gasteiger partial charge in [-0.25, -0.2) is 0 Å². The highest BCUT2D eigenvalue weighted by atomic mass is 19.4. The molecule has 0 spiro atoms. The standard InChI is InChI=1S/C12H23F3N2/c1-11(2,3)10(16)8-17-6-4-9(5-7-17)12(13,14)15/h9-10H,4-8,16H2,1-3H3. The van der Waals surface area contributed by atoms with Gasteiger partial charge in [-0.15, -0.1) is 0 Å². The third-order valence-corrected chi connectivity index (χ3v) is 3.62. The Bertz CT molecular complexity index is 237. The maximum Gasteiger partial charge on any atom is 0.391 e. The van der Waals surface area contributed by atoms with Gasteiger partial charge in [-0.3, -0.25) is 0 Å². The van der Waals surface area contributed by atoms with Gasteiger partial charge in [-0.05, 0) is 31.3 Å². The van der Waals surface area contributed by atoms with Gasteiger partial charge in [0.1, 0.15) is 0 Å². The number of nitrogens with zero attached hydrogens (tertiary/aromatic N) is 1. The van der Waals surface area contributed by atoms with Gasteiger partial charge in [0.25, 0.3) is 0 Å². The summed E-state index contributed by atoms with van der Waals surface area (Å²) in [6.45, 7) is 7.87. The van der Waals surface area contributed by atoms with Crippen molar-refractivity contribution in [2.24, 2.45) is 17.1 Å². The van der Waals surface area contributed by atoms with Crippen LogP contribution in [0.15, 0.2) is 0 Å². The molecule has 102 valence electrons. The van der Waals surface area contributed by atoms with Gasteiger partial charge < -0.3 is 10.6 Å². The van der Waals surface area contributed by atoms with E-state index < -0.39 is 12.1 Å². The van der Waals surface area contributed by atoms with Crippen LogP contribution in [-0.2, 0) is 0 Å². The first-order chi connectivity index (χ1) is 7.60. The average Bonchev–Trinajstić information content (AvgIpc) is 2.15. The van der Waals surface area contributed by atoms with Crippen molar-refractivity contribution >= 4 is 0 Å². The largest absolute Gasteiger partial charge is 0.391 e. The number of hydrogen-bond donors (Lipinski definition) is 1. The molecule has 1 fully saturated rings. The lowest BCUT2D eigenvalue weighted by Crippen LogP contribution is -2.48. The zero-order valence-corrected chi connectivity index (χ0v) is 10.8. The second kappa shape index (κ2) is 5.14. The normalized spacial score (nSPS) is 22.8.